The number of rotatable bonds is 14. The number of hydrogen-bond donors (Lipinski definition) is 5. The molecule has 2 aromatic heterocycles. The van der Waals surface area contributed by atoms with Gasteiger partial charge in [0, 0.05) is 51.2 Å². The van der Waals surface area contributed by atoms with Gasteiger partial charge in [0.05, 0.1) is 17.6 Å². The van der Waals surface area contributed by atoms with Crippen LogP contribution in [0, 0.1) is 0 Å². The van der Waals surface area contributed by atoms with E-state index in [1.807, 2.05) is 91.6 Å². The van der Waals surface area contributed by atoms with E-state index in [9.17, 15) is 14.7 Å². The number of carbonyl (C=O) groups is 2. The minimum Gasteiger partial charge on any atom is -0.480 e. The van der Waals surface area contributed by atoms with E-state index in [1.54, 1.807) is 12.1 Å². The molecule has 0 aliphatic carbocycles. The van der Waals surface area contributed by atoms with Crippen LogP contribution < -0.4 is 21.7 Å². The van der Waals surface area contributed by atoms with Gasteiger partial charge in [-0.2, -0.15) is 0 Å². The number of fused-ring (bicyclic) bond motifs is 2. The summed E-state index contributed by atoms with van der Waals surface area (Å²) in [7, 11) is 3.99. The molecule has 0 saturated heterocycles. The Bertz CT molecular complexity index is 1980. The molecule has 2 heterocycles. The van der Waals surface area contributed by atoms with Gasteiger partial charge < -0.3 is 35.9 Å². The molecule has 4 aromatic carbocycles. The summed E-state index contributed by atoms with van der Waals surface area (Å²) in [5.74, 6) is -0.464. The van der Waals surface area contributed by atoms with E-state index in [1.165, 1.54) is 16.3 Å². The van der Waals surface area contributed by atoms with Crippen LogP contribution in [0.15, 0.2) is 109 Å². The first-order valence-corrected chi connectivity index (χ1v) is 16.6. The summed E-state index contributed by atoms with van der Waals surface area (Å²) in [6.07, 6.45) is 2.98. The van der Waals surface area contributed by atoms with Crippen molar-refractivity contribution in [1.29, 1.82) is 0 Å². The number of carbonyl (C=O) groups excluding carboxylic acids is 1. The Labute approximate surface area is 287 Å². The van der Waals surface area contributed by atoms with Gasteiger partial charge in [0.1, 0.15) is 11.9 Å². The quantitative estimate of drug-likeness (QED) is 0.101. The van der Waals surface area contributed by atoms with Gasteiger partial charge in [-0.1, -0.05) is 66.7 Å². The molecule has 0 unspecified atom stereocenters. The molecule has 6 rings (SSSR count). The van der Waals surface area contributed by atoms with Crippen LogP contribution in [0.2, 0.25) is 0 Å². The van der Waals surface area contributed by atoms with Crippen molar-refractivity contribution >= 4 is 33.7 Å². The summed E-state index contributed by atoms with van der Waals surface area (Å²) in [6, 6.07) is 32.8. The van der Waals surface area contributed by atoms with Gasteiger partial charge in [0.15, 0.2) is 0 Å². The highest BCUT2D eigenvalue weighted by Crippen LogP contribution is 2.17. The SMILES string of the molecule is Cn1cccc1CNCCC[C@H](NC(=O)c1ccc(CNCc2nc3ccccc3n2C)cc1)C(=O)O.NCc1cccc2ccccc12. The van der Waals surface area contributed by atoms with E-state index in [-0.39, 0.29) is 5.91 Å². The van der Waals surface area contributed by atoms with E-state index in [0.717, 1.165) is 28.1 Å². The summed E-state index contributed by atoms with van der Waals surface area (Å²) in [5.41, 5.74) is 11.5. The Morgan fingerprint density at radius 3 is 2.33 bits per heavy atom. The zero-order chi connectivity index (χ0) is 34.6. The average molecular weight is 660 g/mol. The van der Waals surface area contributed by atoms with Crippen LogP contribution in [-0.2, 0) is 45.1 Å². The molecular formula is C39H45N7O3. The third-order valence-corrected chi connectivity index (χ3v) is 8.62. The molecule has 1 amide bonds. The van der Waals surface area contributed by atoms with E-state index in [0.29, 0.717) is 51.1 Å². The lowest BCUT2D eigenvalue weighted by atomic mass is 10.1. The molecule has 0 radical (unpaired) electrons. The molecule has 0 spiro atoms. The molecule has 49 heavy (non-hydrogen) atoms. The second-order valence-electron chi connectivity index (χ2n) is 12.0. The molecule has 0 bridgehead atoms. The Kier molecular flexibility index (Phi) is 12.3. The topological polar surface area (TPSA) is 139 Å². The van der Waals surface area contributed by atoms with Gasteiger partial charge in [0.2, 0.25) is 0 Å². The number of carboxylic acid groups (broad SMARTS) is 1. The summed E-state index contributed by atoms with van der Waals surface area (Å²) < 4.78 is 4.12. The van der Waals surface area contributed by atoms with E-state index in [4.69, 9.17) is 5.73 Å². The van der Waals surface area contributed by atoms with Crippen LogP contribution >= 0.6 is 0 Å². The minimum absolute atomic E-state index is 0.353. The molecule has 10 nitrogen and oxygen atoms in total. The second-order valence-corrected chi connectivity index (χ2v) is 12.0. The number of carboxylic acids is 1. The van der Waals surface area contributed by atoms with Crippen LogP contribution in [0.1, 0.15) is 45.8 Å². The summed E-state index contributed by atoms with van der Waals surface area (Å²) >= 11 is 0. The lowest BCUT2D eigenvalue weighted by Gasteiger charge is -2.15. The summed E-state index contributed by atoms with van der Waals surface area (Å²) in [6.45, 7) is 3.24. The average Bonchev–Trinajstić information content (AvgIpc) is 3.68. The van der Waals surface area contributed by atoms with Gasteiger partial charge in [-0.15, -0.1) is 0 Å². The molecule has 0 aliphatic rings. The Balaban J connectivity index is 0.000000325. The lowest BCUT2D eigenvalue weighted by molar-refractivity contribution is -0.139. The zero-order valence-corrected chi connectivity index (χ0v) is 28.1. The zero-order valence-electron chi connectivity index (χ0n) is 28.1. The van der Waals surface area contributed by atoms with E-state index in [2.05, 4.69) is 49.8 Å². The van der Waals surface area contributed by atoms with Crippen LogP contribution in [0.5, 0.6) is 0 Å². The highest BCUT2D eigenvalue weighted by atomic mass is 16.4. The number of aryl methyl sites for hydroxylation is 2. The molecule has 0 saturated carbocycles. The van der Waals surface area contributed by atoms with Crippen molar-refractivity contribution in [1.82, 2.24) is 30.1 Å². The molecule has 254 valence electrons. The standard InChI is InChI=1S/C28H34N6O3.C11H11N/c1-33-16-6-7-22(33)18-29-15-5-9-24(28(36)37)32-27(35)21-13-11-20(12-14-21)17-30-19-26-31-23-8-3-4-10-25(23)34(26)2;12-8-10-6-3-5-9-4-1-2-7-11(9)10/h3-4,6-8,10-14,16,24,29-30H,5,9,15,17-19H2,1-2H3,(H,32,35)(H,36,37);1-7H,8,12H2/t24-;/m0./s1. The summed E-state index contributed by atoms with van der Waals surface area (Å²) in [4.78, 5) is 29.0. The van der Waals surface area contributed by atoms with Gasteiger partial charge in [-0.25, -0.2) is 9.78 Å². The Morgan fingerprint density at radius 2 is 1.59 bits per heavy atom. The predicted molar refractivity (Wildman–Crippen MR) is 195 cm³/mol. The highest BCUT2D eigenvalue weighted by molar-refractivity contribution is 5.96. The van der Waals surface area contributed by atoms with Gasteiger partial charge in [-0.05, 0) is 77.7 Å². The van der Waals surface area contributed by atoms with Crippen LogP contribution in [0.4, 0.5) is 0 Å². The van der Waals surface area contributed by atoms with Crippen molar-refractivity contribution in [3.05, 3.63) is 138 Å². The first kappa shape index (κ1) is 35.0. The smallest absolute Gasteiger partial charge is 0.326 e. The van der Waals surface area contributed by atoms with Gasteiger partial charge in [-0.3, -0.25) is 4.79 Å². The number of nitrogens with zero attached hydrogens (tertiary/aromatic N) is 3. The van der Waals surface area contributed by atoms with Gasteiger partial charge >= 0.3 is 5.97 Å². The molecular weight excluding hydrogens is 614 g/mol. The first-order valence-electron chi connectivity index (χ1n) is 16.6. The Morgan fingerprint density at radius 1 is 0.837 bits per heavy atom. The molecule has 1 atom stereocenters. The van der Waals surface area contributed by atoms with Gasteiger partial charge in [0.25, 0.3) is 5.91 Å². The maximum Gasteiger partial charge on any atom is 0.326 e. The number of hydrogen-bond acceptors (Lipinski definition) is 6. The third-order valence-electron chi connectivity index (χ3n) is 8.62. The molecule has 6 N–H and O–H groups in total. The molecule has 6 aromatic rings. The minimum atomic E-state index is -1.03. The van der Waals surface area contributed by atoms with Crippen molar-refractivity contribution < 1.29 is 14.7 Å². The number of imidazole rings is 1. The first-order chi connectivity index (χ1) is 23.8. The van der Waals surface area contributed by atoms with Crippen molar-refractivity contribution in [3.8, 4) is 0 Å². The monoisotopic (exact) mass is 659 g/mol. The molecule has 0 fully saturated rings. The predicted octanol–water partition coefficient (Wildman–Crippen LogP) is 5.25. The van der Waals surface area contributed by atoms with E-state index < -0.39 is 12.0 Å². The number of amides is 1. The van der Waals surface area contributed by atoms with Crippen LogP contribution in [0.3, 0.4) is 0 Å². The third kappa shape index (κ3) is 9.41. The van der Waals surface area contributed by atoms with Crippen molar-refractivity contribution in [2.75, 3.05) is 6.54 Å². The second kappa shape index (κ2) is 17.2. The van der Waals surface area contributed by atoms with Crippen molar-refractivity contribution in [2.45, 2.75) is 45.1 Å². The van der Waals surface area contributed by atoms with Crippen LogP contribution in [0.25, 0.3) is 21.8 Å². The van der Waals surface area contributed by atoms with Crippen molar-refractivity contribution in [2.24, 2.45) is 19.8 Å². The number of benzene rings is 4. The summed E-state index contributed by atoms with van der Waals surface area (Å²) in [5, 5.41) is 21.4. The fourth-order valence-electron chi connectivity index (χ4n) is 5.74. The molecule has 0 aliphatic heterocycles. The number of nitrogens with one attached hydrogen (secondary N) is 3. The fourth-order valence-corrected chi connectivity index (χ4v) is 5.74. The van der Waals surface area contributed by atoms with Crippen LogP contribution in [-0.4, -0.2) is 43.7 Å². The highest BCUT2D eigenvalue weighted by Gasteiger charge is 2.20. The number of nitrogens with two attached hydrogens (primary N) is 1. The Hall–Kier alpha value is -5.29. The normalized spacial score (nSPS) is 11.7. The number of aromatic nitrogens is 3. The van der Waals surface area contributed by atoms with Crippen molar-refractivity contribution in [3.63, 3.8) is 0 Å². The number of para-hydroxylation sites is 2. The fraction of sp³-hybridized carbons (Fsp3) is 0.256. The number of aliphatic carboxylic acids is 1. The van der Waals surface area contributed by atoms with E-state index >= 15 is 0 Å². The lowest BCUT2D eigenvalue weighted by Crippen LogP contribution is -2.41. The molecule has 10 heteroatoms. The largest absolute Gasteiger partial charge is 0.480 e. The maximum absolute atomic E-state index is 12.7. The maximum atomic E-state index is 12.7.